The molecule has 0 aliphatic heterocycles. The zero-order valence-electron chi connectivity index (χ0n) is 11.4. The quantitative estimate of drug-likeness (QED) is 0.542. The summed E-state index contributed by atoms with van der Waals surface area (Å²) in [6, 6.07) is 0. The molecule has 2 fully saturated rings. The predicted octanol–water partition coefficient (Wildman–Crippen LogP) is 4.10. The summed E-state index contributed by atoms with van der Waals surface area (Å²) in [5.74, 6) is 2.72. The van der Waals surface area contributed by atoms with Crippen molar-refractivity contribution in [1.29, 1.82) is 0 Å². The minimum Gasteiger partial charge on any atom is -0.465 e. The summed E-state index contributed by atoms with van der Waals surface area (Å²) in [6.45, 7) is 4.46. The third-order valence-corrected chi connectivity index (χ3v) is 5.02. The summed E-state index contributed by atoms with van der Waals surface area (Å²) in [7, 11) is 0. The first-order chi connectivity index (χ1) is 8.83. The van der Waals surface area contributed by atoms with E-state index in [0.717, 1.165) is 30.6 Å². The molecule has 0 heterocycles. The van der Waals surface area contributed by atoms with Crippen LogP contribution in [-0.4, -0.2) is 12.6 Å². The fourth-order valence-corrected chi connectivity index (χ4v) is 3.91. The molecule has 0 aromatic carbocycles. The third-order valence-electron chi connectivity index (χ3n) is 5.02. The van der Waals surface area contributed by atoms with Crippen molar-refractivity contribution in [3.05, 3.63) is 12.7 Å². The number of hydrogen-bond donors (Lipinski definition) is 0. The lowest BCUT2D eigenvalue weighted by atomic mass is 9.70. The molecule has 0 radical (unpaired) electrons. The molecule has 18 heavy (non-hydrogen) atoms. The van der Waals surface area contributed by atoms with Gasteiger partial charge in [-0.25, -0.2) is 0 Å². The molecule has 2 aliphatic carbocycles. The van der Waals surface area contributed by atoms with Crippen molar-refractivity contribution in [3.63, 3.8) is 0 Å². The maximum absolute atomic E-state index is 10.3. The van der Waals surface area contributed by atoms with E-state index in [-0.39, 0.29) is 6.10 Å². The summed E-state index contributed by atoms with van der Waals surface area (Å²) < 4.78 is 5.08. The van der Waals surface area contributed by atoms with E-state index in [1.807, 2.05) is 0 Å². The smallest absolute Gasteiger partial charge is 0.293 e. The van der Waals surface area contributed by atoms with E-state index in [0.29, 0.717) is 6.47 Å². The molecule has 2 nitrogen and oxygen atoms in total. The number of allylic oxidation sites excluding steroid dienone is 1. The van der Waals surface area contributed by atoms with Crippen LogP contribution < -0.4 is 0 Å². The van der Waals surface area contributed by atoms with Crippen LogP contribution in [0.15, 0.2) is 12.7 Å². The largest absolute Gasteiger partial charge is 0.465 e. The zero-order chi connectivity index (χ0) is 12.8. The molecule has 0 spiro atoms. The first-order valence-electron chi connectivity index (χ1n) is 7.53. The molecular formula is C16H26O2. The van der Waals surface area contributed by atoms with E-state index in [9.17, 15) is 4.79 Å². The van der Waals surface area contributed by atoms with Crippen molar-refractivity contribution in [2.24, 2.45) is 17.8 Å². The lowest BCUT2D eigenvalue weighted by Crippen LogP contribution is -2.28. The molecule has 2 heteroatoms. The Bertz CT molecular complexity index is 230. The van der Waals surface area contributed by atoms with Gasteiger partial charge in [-0.1, -0.05) is 6.08 Å². The lowest BCUT2D eigenvalue weighted by molar-refractivity contribution is -0.135. The molecule has 0 saturated heterocycles. The van der Waals surface area contributed by atoms with Gasteiger partial charge < -0.3 is 4.74 Å². The van der Waals surface area contributed by atoms with Crippen molar-refractivity contribution < 1.29 is 9.53 Å². The van der Waals surface area contributed by atoms with Crippen LogP contribution in [-0.2, 0) is 9.53 Å². The van der Waals surface area contributed by atoms with Gasteiger partial charge in [-0.05, 0) is 75.5 Å². The summed E-state index contributed by atoms with van der Waals surface area (Å²) in [6.07, 6.45) is 13.7. The third kappa shape index (κ3) is 3.60. The molecule has 2 aliphatic rings. The molecule has 0 amide bonds. The van der Waals surface area contributed by atoms with Crippen molar-refractivity contribution in [2.75, 3.05) is 0 Å². The Morgan fingerprint density at radius 3 is 2.00 bits per heavy atom. The molecule has 0 bridgehead atoms. The second-order valence-electron chi connectivity index (χ2n) is 6.07. The second kappa shape index (κ2) is 6.96. The Labute approximate surface area is 111 Å². The van der Waals surface area contributed by atoms with Gasteiger partial charge in [0.15, 0.2) is 0 Å². The van der Waals surface area contributed by atoms with Gasteiger partial charge in [-0.3, -0.25) is 4.79 Å². The highest BCUT2D eigenvalue weighted by Gasteiger charge is 2.30. The lowest BCUT2D eigenvalue weighted by Gasteiger charge is -2.37. The molecule has 0 aromatic rings. The average molecular weight is 250 g/mol. The monoisotopic (exact) mass is 250 g/mol. The molecular weight excluding hydrogens is 224 g/mol. The van der Waals surface area contributed by atoms with Crippen LogP contribution in [0.3, 0.4) is 0 Å². The topological polar surface area (TPSA) is 26.3 Å². The number of hydrogen-bond acceptors (Lipinski definition) is 2. The SMILES string of the molecule is C=CCC1CCC(C2CCC(OC=O)CC2)CC1. The number of carbonyl (C=O) groups excluding carboxylic acids is 1. The predicted molar refractivity (Wildman–Crippen MR) is 73.2 cm³/mol. The Hall–Kier alpha value is -0.790. The molecule has 0 atom stereocenters. The van der Waals surface area contributed by atoms with Crippen LogP contribution in [0, 0.1) is 17.8 Å². The van der Waals surface area contributed by atoms with Crippen molar-refractivity contribution >= 4 is 6.47 Å². The van der Waals surface area contributed by atoms with Crippen molar-refractivity contribution in [1.82, 2.24) is 0 Å². The zero-order valence-corrected chi connectivity index (χ0v) is 11.4. The van der Waals surface area contributed by atoms with Gasteiger partial charge in [0.25, 0.3) is 6.47 Å². The van der Waals surface area contributed by atoms with Gasteiger partial charge in [0.05, 0.1) is 0 Å². The van der Waals surface area contributed by atoms with Gasteiger partial charge in [0.2, 0.25) is 0 Å². The van der Waals surface area contributed by atoms with E-state index in [1.54, 1.807) is 0 Å². The summed E-state index contributed by atoms with van der Waals surface area (Å²) in [4.78, 5) is 10.3. The number of rotatable bonds is 5. The van der Waals surface area contributed by atoms with Gasteiger partial charge in [0.1, 0.15) is 6.10 Å². The van der Waals surface area contributed by atoms with Crippen LogP contribution in [0.25, 0.3) is 0 Å². The Morgan fingerprint density at radius 1 is 0.944 bits per heavy atom. The normalized spacial score (nSPS) is 36.9. The van der Waals surface area contributed by atoms with E-state index in [2.05, 4.69) is 12.7 Å². The first-order valence-corrected chi connectivity index (χ1v) is 7.53. The molecule has 0 N–H and O–H groups in total. The summed E-state index contributed by atoms with van der Waals surface area (Å²) >= 11 is 0. The fraction of sp³-hybridized carbons (Fsp3) is 0.812. The molecule has 0 aromatic heterocycles. The van der Waals surface area contributed by atoms with E-state index >= 15 is 0 Å². The van der Waals surface area contributed by atoms with Gasteiger partial charge in [-0.2, -0.15) is 0 Å². The molecule has 2 saturated carbocycles. The van der Waals surface area contributed by atoms with E-state index < -0.39 is 0 Å². The second-order valence-corrected chi connectivity index (χ2v) is 6.07. The highest BCUT2D eigenvalue weighted by atomic mass is 16.5. The number of carbonyl (C=O) groups is 1. The van der Waals surface area contributed by atoms with E-state index in [1.165, 1.54) is 44.9 Å². The van der Waals surface area contributed by atoms with Gasteiger partial charge in [0, 0.05) is 0 Å². The molecule has 102 valence electrons. The van der Waals surface area contributed by atoms with Crippen LogP contribution in [0.1, 0.15) is 57.8 Å². The number of ether oxygens (including phenoxy) is 1. The van der Waals surface area contributed by atoms with Crippen molar-refractivity contribution in [2.45, 2.75) is 63.9 Å². The molecule has 0 unspecified atom stereocenters. The van der Waals surface area contributed by atoms with Crippen LogP contribution in [0.4, 0.5) is 0 Å². The highest BCUT2D eigenvalue weighted by Crippen LogP contribution is 2.41. The van der Waals surface area contributed by atoms with Crippen LogP contribution in [0.2, 0.25) is 0 Å². The minimum atomic E-state index is 0.204. The fourth-order valence-electron chi connectivity index (χ4n) is 3.91. The summed E-state index contributed by atoms with van der Waals surface area (Å²) in [5, 5.41) is 0. The van der Waals surface area contributed by atoms with Crippen LogP contribution >= 0.6 is 0 Å². The maximum Gasteiger partial charge on any atom is 0.293 e. The van der Waals surface area contributed by atoms with Crippen molar-refractivity contribution in [3.8, 4) is 0 Å². The first kappa shape index (κ1) is 13.6. The highest BCUT2D eigenvalue weighted by molar-refractivity contribution is 5.37. The Kier molecular flexibility index (Phi) is 5.27. The summed E-state index contributed by atoms with van der Waals surface area (Å²) in [5.41, 5.74) is 0. The standard InChI is InChI=1S/C16H26O2/c1-2-3-13-4-6-14(7-5-13)15-8-10-16(11-9-15)18-12-17/h2,12-16H,1,3-11H2. The van der Waals surface area contributed by atoms with E-state index in [4.69, 9.17) is 4.74 Å². The average Bonchev–Trinajstić information content (AvgIpc) is 2.41. The van der Waals surface area contributed by atoms with Crippen LogP contribution in [0.5, 0.6) is 0 Å². The maximum atomic E-state index is 10.3. The Morgan fingerprint density at radius 2 is 1.50 bits per heavy atom. The minimum absolute atomic E-state index is 0.204. The molecule has 2 rings (SSSR count). The van der Waals surface area contributed by atoms with Gasteiger partial charge >= 0.3 is 0 Å². The van der Waals surface area contributed by atoms with Gasteiger partial charge in [-0.15, -0.1) is 6.58 Å². The Balaban J connectivity index is 1.71.